The number of thioether (sulfide) groups is 1. The molecule has 2 aliphatic carbocycles. The first-order chi connectivity index (χ1) is 11.5. The topological polar surface area (TPSA) is 92.8 Å². The van der Waals surface area contributed by atoms with E-state index in [0.29, 0.717) is 18.3 Å². The molecular weight excluding hydrogens is 332 g/mol. The van der Waals surface area contributed by atoms with E-state index in [1.807, 2.05) is 0 Å². The number of imide groups is 1. The van der Waals surface area contributed by atoms with Gasteiger partial charge in [-0.2, -0.15) is 0 Å². The second kappa shape index (κ2) is 7.55. The number of hydrogen-bond acceptors (Lipinski definition) is 6. The van der Waals surface area contributed by atoms with Crippen LogP contribution >= 0.6 is 11.8 Å². The second-order valence-electron chi connectivity index (χ2n) is 6.75. The lowest BCUT2D eigenvalue weighted by molar-refractivity contribution is -0.149. The average molecular weight is 354 g/mol. The van der Waals surface area contributed by atoms with Crippen LogP contribution in [0, 0.1) is 17.8 Å². The highest BCUT2D eigenvalue weighted by molar-refractivity contribution is 8.14. The van der Waals surface area contributed by atoms with E-state index in [-0.39, 0.29) is 42.6 Å². The summed E-state index contributed by atoms with van der Waals surface area (Å²) in [7, 11) is 0. The zero-order valence-electron chi connectivity index (χ0n) is 13.5. The molecule has 3 fully saturated rings. The van der Waals surface area contributed by atoms with Crippen molar-refractivity contribution in [2.75, 3.05) is 25.4 Å². The van der Waals surface area contributed by atoms with E-state index < -0.39 is 5.91 Å². The summed E-state index contributed by atoms with van der Waals surface area (Å²) in [6.45, 7) is 0.00654. The van der Waals surface area contributed by atoms with Gasteiger partial charge in [-0.15, -0.1) is 0 Å². The lowest BCUT2D eigenvalue weighted by Gasteiger charge is -2.20. The fourth-order valence-electron chi connectivity index (χ4n) is 4.00. The number of carbonyl (C=O) groups excluding carboxylic acids is 4. The predicted octanol–water partition coefficient (Wildman–Crippen LogP) is 1.17. The molecular formula is C16H22N2O5S. The Balaban J connectivity index is 1.29. The summed E-state index contributed by atoms with van der Waals surface area (Å²) >= 11 is 0.962. The van der Waals surface area contributed by atoms with Crippen molar-refractivity contribution in [1.29, 1.82) is 0 Å². The van der Waals surface area contributed by atoms with Crippen molar-refractivity contribution in [2.45, 2.75) is 32.1 Å². The number of ether oxygens (including phenoxy) is 1. The van der Waals surface area contributed by atoms with E-state index in [4.69, 9.17) is 4.74 Å². The predicted molar refractivity (Wildman–Crippen MR) is 87.1 cm³/mol. The summed E-state index contributed by atoms with van der Waals surface area (Å²) in [4.78, 5) is 47.4. The largest absolute Gasteiger partial charge is 0.456 e. The van der Waals surface area contributed by atoms with E-state index in [0.717, 1.165) is 29.0 Å². The Morgan fingerprint density at radius 3 is 2.71 bits per heavy atom. The number of rotatable bonds is 7. The van der Waals surface area contributed by atoms with Gasteiger partial charge in [-0.3, -0.25) is 24.1 Å². The molecule has 7 nitrogen and oxygen atoms in total. The van der Waals surface area contributed by atoms with Crippen LogP contribution < -0.4 is 5.32 Å². The van der Waals surface area contributed by atoms with Gasteiger partial charge in [0.1, 0.15) is 0 Å². The highest BCUT2D eigenvalue weighted by Gasteiger charge is 2.40. The van der Waals surface area contributed by atoms with Crippen molar-refractivity contribution in [2.24, 2.45) is 17.8 Å². The number of fused-ring (bicyclic) bond motifs is 2. The molecule has 0 aromatic carbocycles. The van der Waals surface area contributed by atoms with Gasteiger partial charge in [-0.05, 0) is 37.0 Å². The van der Waals surface area contributed by atoms with Crippen LogP contribution in [0.4, 0.5) is 4.79 Å². The summed E-state index contributed by atoms with van der Waals surface area (Å²) in [5.41, 5.74) is 0. The monoisotopic (exact) mass is 354 g/mol. The van der Waals surface area contributed by atoms with E-state index in [9.17, 15) is 19.2 Å². The van der Waals surface area contributed by atoms with E-state index in [1.54, 1.807) is 0 Å². The lowest BCUT2D eigenvalue weighted by Crippen LogP contribution is -2.38. The zero-order valence-corrected chi connectivity index (χ0v) is 14.3. The van der Waals surface area contributed by atoms with Crippen LogP contribution in [0.3, 0.4) is 0 Å². The number of nitrogens with zero attached hydrogens (tertiary/aromatic N) is 1. The van der Waals surface area contributed by atoms with Crippen LogP contribution in [0.2, 0.25) is 0 Å². The molecule has 2 saturated carbocycles. The Morgan fingerprint density at radius 1 is 1.25 bits per heavy atom. The van der Waals surface area contributed by atoms with Gasteiger partial charge in [-0.25, -0.2) is 0 Å². The molecule has 0 spiro atoms. The summed E-state index contributed by atoms with van der Waals surface area (Å²) in [6, 6.07) is 0. The average Bonchev–Trinajstić information content (AvgIpc) is 3.24. The molecule has 2 bridgehead atoms. The minimum atomic E-state index is -0.414. The van der Waals surface area contributed by atoms with E-state index in [1.165, 1.54) is 19.3 Å². The van der Waals surface area contributed by atoms with Gasteiger partial charge in [0.25, 0.3) is 11.1 Å². The molecule has 3 amide bonds. The smallest absolute Gasteiger partial charge is 0.306 e. The molecule has 3 atom stereocenters. The Morgan fingerprint density at radius 2 is 2.08 bits per heavy atom. The van der Waals surface area contributed by atoms with Crippen molar-refractivity contribution >= 4 is 34.8 Å². The molecule has 1 saturated heterocycles. The molecule has 1 N–H and O–H groups in total. The second-order valence-corrected chi connectivity index (χ2v) is 7.68. The van der Waals surface area contributed by atoms with Crippen LogP contribution in [0.15, 0.2) is 0 Å². The van der Waals surface area contributed by atoms with Crippen LogP contribution in [0.25, 0.3) is 0 Å². The number of hydrogen-bond donors (Lipinski definition) is 1. The molecule has 1 aliphatic heterocycles. The molecule has 3 aliphatic rings. The maximum atomic E-state index is 11.8. The maximum absolute atomic E-state index is 11.8. The first-order valence-corrected chi connectivity index (χ1v) is 9.41. The molecule has 0 unspecified atom stereocenters. The van der Waals surface area contributed by atoms with E-state index >= 15 is 0 Å². The molecule has 1 heterocycles. The zero-order chi connectivity index (χ0) is 17.1. The van der Waals surface area contributed by atoms with Crippen molar-refractivity contribution in [3.8, 4) is 0 Å². The Labute approximate surface area is 144 Å². The van der Waals surface area contributed by atoms with Gasteiger partial charge in [0.05, 0.1) is 5.75 Å². The van der Waals surface area contributed by atoms with Gasteiger partial charge >= 0.3 is 5.97 Å². The van der Waals surface area contributed by atoms with Crippen LogP contribution in [0.5, 0.6) is 0 Å². The van der Waals surface area contributed by atoms with Crippen LogP contribution in [0.1, 0.15) is 32.1 Å². The van der Waals surface area contributed by atoms with Gasteiger partial charge in [0, 0.05) is 19.5 Å². The van der Waals surface area contributed by atoms with Gasteiger partial charge < -0.3 is 10.1 Å². The van der Waals surface area contributed by atoms with Crippen LogP contribution in [-0.2, 0) is 19.1 Å². The minimum Gasteiger partial charge on any atom is -0.456 e. The quantitative estimate of drug-likeness (QED) is 0.690. The van der Waals surface area contributed by atoms with Gasteiger partial charge in [0.2, 0.25) is 5.91 Å². The third kappa shape index (κ3) is 4.09. The van der Waals surface area contributed by atoms with Crippen molar-refractivity contribution < 1.29 is 23.9 Å². The molecule has 0 aromatic rings. The van der Waals surface area contributed by atoms with Gasteiger partial charge in [0.15, 0.2) is 6.61 Å². The SMILES string of the molecule is O=C(COC(=O)C[C@H]1C[C@H]2CC[C@@H]1C2)NCCN1C(=O)CSC1=O. The fourth-order valence-corrected chi connectivity index (χ4v) is 4.75. The van der Waals surface area contributed by atoms with Crippen molar-refractivity contribution in [1.82, 2.24) is 10.2 Å². The summed E-state index contributed by atoms with van der Waals surface area (Å²) in [5.74, 6) is 1.05. The standard InChI is InChI=1S/C16H22N2O5S/c19-13(17-3-4-18-14(20)9-24-16(18)22)8-23-15(21)7-12-6-10-1-2-11(12)5-10/h10-12H,1-9H2,(H,17,19)/t10-,11+,12+/m0/s1. The number of esters is 1. The first kappa shape index (κ1) is 17.3. The molecule has 0 aromatic heterocycles. The van der Waals surface area contributed by atoms with Crippen molar-refractivity contribution in [3.63, 3.8) is 0 Å². The van der Waals surface area contributed by atoms with Crippen molar-refractivity contribution in [3.05, 3.63) is 0 Å². The molecule has 24 heavy (non-hydrogen) atoms. The minimum absolute atomic E-state index is 0.148. The van der Waals surface area contributed by atoms with Crippen LogP contribution in [-0.4, -0.2) is 53.4 Å². The lowest BCUT2D eigenvalue weighted by atomic mass is 9.86. The number of nitrogens with one attached hydrogen (secondary N) is 1. The van der Waals surface area contributed by atoms with E-state index in [2.05, 4.69) is 5.32 Å². The summed E-state index contributed by atoms with van der Waals surface area (Å²) < 4.78 is 5.04. The molecule has 3 rings (SSSR count). The summed E-state index contributed by atoms with van der Waals surface area (Å²) in [6.07, 6.45) is 5.27. The van der Waals surface area contributed by atoms with Gasteiger partial charge in [-0.1, -0.05) is 18.2 Å². The molecule has 0 radical (unpaired) electrons. The first-order valence-electron chi connectivity index (χ1n) is 8.42. The molecule has 132 valence electrons. The summed E-state index contributed by atoms with van der Waals surface area (Å²) in [5, 5.41) is 2.27. The number of amides is 3. The Bertz CT molecular complexity index is 537. The normalized spacial score (nSPS) is 28.5. The molecule has 8 heteroatoms. The maximum Gasteiger partial charge on any atom is 0.306 e. The Hall–Kier alpha value is -1.57. The third-order valence-electron chi connectivity index (χ3n) is 5.18. The highest BCUT2D eigenvalue weighted by atomic mass is 32.2. The third-order valence-corrected chi connectivity index (χ3v) is 6.03. The highest BCUT2D eigenvalue weighted by Crippen LogP contribution is 2.49. The number of carbonyl (C=O) groups is 4. The fraction of sp³-hybridized carbons (Fsp3) is 0.750. The Kier molecular flexibility index (Phi) is 5.43.